The molecule has 0 unspecified atom stereocenters. The van der Waals surface area contributed by atoms with Crippen molar-refractivity contribution in [2.45, 2.75) is 110 Å². The standard InChI is InChI=1S/C36H49N3O9/c1-35(2,3)47-32(42)28(19-13-14-20-37-33(43)45-24-26-17-11-8-12-18-26)38-31(41)29-22-27(23-39(29)34(44)48-36(4,5)6)46-30(40)21-25-15-9-7-10-16-25/h7-12,15-18,27-29H,13-14,19-24H2,1-6H3,(H,37,43)(H,38,41)/t27-,28+,29+/m1/s1. The van der Waals surface area contributed by atoms with Gasteiger partial charge in [-0.25, -0.2) is 14.4 Å². The summed E-state index contributed by atoms with van der Waals surface area (Å²) in [6.07, 6.45) is -0.788. The number of ether oxygens (including phenoxy) is 4. The second kappa shape index (κ2) is 17.5. The summed E-state index contributed by atoms with van der Waals surface area (Å²) in [6.45, 7) is 10.7. The van der Waals surface area contributed by atoms with E-state index in [1.807, 2.05) is 60.7 Å². The third-order valence-electron chi connectivity index (χ3n) is 7.09. The maximum Gasteiger partial charge on any atom is 0.411 e. The van der Waals surface area contributed by atoms with Gasteiger partial charge < -0.3 is 29.6 Å². The number of nitrogens with zero attached hydrogens (tertiary/aromatic N) is 1. The van der Waals surface area contributed by atoms with E-state index in [-0.39, 0.29) is 32.4 Å². The second-order valence-corrected chi connectivity index (χ2v) is 13.7. The molecule has 0 aliphatic carbocycles. The van der Waals surface area contributed by atoms with Crippen molar-refractivity contribution in [1.29, 1.82) is 0 Å². The van der Waals surface area contributed by atoms with E-state index in [1.54, 1.807) is 41.5 Å². The van der Waals surface area contributed by atoms with Gasteiger partial charge in [-0.3, -0.25) is 14.5 Å². The molecule has 12 nitrogen and oxygen atoms in total. The van der Waals surface area contributed by atoms with E-state index in [0.717, 1.165) is 11.1 Å². The lowest BCUT2D eigenvalue weighted by atomic mass is 10.1. The normalized spacial score (nSPS) is 16.8. The molecular formula is C36H49N3O9. The number of likely N-dealkylation sites (tertiary alicyclic amines) is 1. The van der Waals surface area contributed by atoms with Crippen LogP contribution in [0.5, 0.6) is 0 Å². The molecule has 3 atom stereocenters. The Kier molecular flexibility index (Phi) is 13.8. The third kappa shape index (κ3) is 13.6. The summed E-state index contributed by atoms with van der Waals surface area (Å²) in [5.41, 5.74) is 0.00491. The maximum absolute atomic E-state index is 13.7. The quantitative estimate of drug-likeness (QED) is 0.170. The van der Waals surface area contributed by atoms with Gasteiger partial charge in [-0.15, -0.1) is 0 Å². The van der Waals surface area contributed by atoms with Crippen molar-refractivity contribution < 1.29 is 42.9 Å². The molecule has 0 bridgehead atoms. The molecule has 2 aromatic carbocycles. The fourth-order valence-electron chi connectivity index (χ4n) is 4.97. The Morgan fingerprint density at radius 3 is 2.04 bits per heavy atom. The topological polar surface area (TPSA) is 150 Å². The molecule has 3 amide bonds. The number of rotatable bonds is 13. The van der Waals surface area contributed by atoms with E-state index >= 15 is 0 Å². The minimum atomic E-state index is -1.06. The Morgan fingerprint density at radius 2 is 1.44 bits per heavy atom. The predicted molar refractivity (Wildman–Crippen MR) is 178 cm³/mol. The van der Waals surface area contributed by atoms with Gasteiger partial charge in [-0.05, 0) is 71.9 Å². The Hall–Kier alpha value is -4.61. The number of unbranched alkanes of at least 4 members (excludes halogenated alkanes) is 1. The van der Waals surface area contributed by atoms with E-state index in [9.17, 15) is 24.0 Å². The van der Waals surface area contributed by atoms with Crippen LogP contribution in [-0.2, 0) is 46.4 Å². The van der Waals surface area contributed by atoms with Crippen LogP contribution in [0.15, 0.2) is 60.7 Å². The van der Waals surface area contributed by atoms with Crippen LogP contribution in [0.2, 0.25) is 0 Å². The number of amides is 3. The molecular weight excluding hydrogens is 618 g/mol. The molecule has 3 rings (SSSR count). The molecule has 2 N–H and O–H groups in total. The lowest BCUT2D eigenvalue weighted by Crippen LogP contribution is -2.52. The highest BCUT2D eigenvalue weighted by Gasteiger charge is 2.44. The zero-order valence-corrected chi connectivity index (χ0v) is 28.8. The average Bonchev–Trinajstić information content (AvgIpc) is 3.42. The fraction of sp³-hybridized carbons (Fsp3) is 0.528. The highest BCUT2D eigenvalue weighted by atomic mass is 16.6. The van der Waals surface area contributed by atoms with Crippen LogP contribution in [-0.4, -0.2) is 77.4 Å². The summed E-state index contributed by atoms with van der Waals surface area (Å²) >= 11 is 0. The number of hydrogen-bond acceptors (Lipinski definition) is 9. The number of carbonyl (C=O) groups is 5. The molecule has 1 fully saturated rings. The van der Waals surface area contributed by atoms with Crippen molar-refractivity contribution >= 4 is 30.0 Å². The molecule has 0 radical (unpaired) electrons. The second-order valence-electron chi connectivity index (χ2n) is 13.7. The molecule has 1 saturated heterocycles. The summed E-state index contributed by atoms with van der Waals surface area (Å²) in [7, 11) is 0. The average molecular weight is 668 g/mol. The highest BCUT2D eigenvalue weighted by molar-refractivity contribution is 5.90. The van der Waals surface area contributed by atoms with E-state index < -0.39 is 59.4 Å². The zero-order chi connectivity index (χ0) is 35.3. The Labute approximate surface area is 282 Å². The van der Waals surface area contributed by atoms with Crippen molar-refractivity contribution in [1.82, 2.24) is 15.5 Å². The molecule has 0 saturated carbocycles. The van der Waals surface area contributed by atoms with Crippen LogP contribution in [0, 0.1) is 0 Å². The minimum Gasteiger partial charge on any atom is -0.460 e. The maximum atomic E-state index is 13.7. The molecule has 0 spiro atoms. The molecule has 48 heavy (non-hydrogen) atoms. The van der Waals surface area contributed by atoms with Gasteiger partial charge in [-0.2, -0.15) is 0 Å². The Bertz CT molecular complexity index is 1370. The smallest absolute Gasteiger partial charge is 0.411 e. The largest absolute Gasteiger partial charge is 0.460 e. The Morgan fingerprint density at radius 1 is 0.833 bits per heavy atom. The third-order valence-corrected chi connectivity index (χ3v) is 7.09. The summed E-state index contributed by atoms with van der Waals surface area (Å²) < 4.78 is 22.0. The van der Waals surface area contributed by atoms with Gasteiger partial charge in [0.05, 0.1) is 13.0 Å². The monoisotopic (exact) mass is 667 g/mol. The van der Waals surface area contributed by atoms with Gasteiger partial charge in [0.2, 0.25) is 5.91 Å². The van der Waals surface area contributed by atoms with Gasteiger partial charge in [0.1, 0.15) is 36.0 Å². The summed E-state index contributed by atoms with van der Waals surface area (Å²) in [5.74, 6) is -1.71. The van der Waals surface area contributed by atoms with Crippen molar-refractivity contribution in [3.8, 4) is 0 Å². The van der Waals surface area contributed by atoms with Gasteiger partial charge >= 0.3 is 24.1 Å². The van der Waals surface area contributed by atoms with E-state index in [0.29, 0.717) is 19.4 Å². The van der Waals surface area contributed by atoms with Gasteiger partial charge in [0.25, 0.3) is 0 Å². The fourth-order valence-corrected chi connectivity index (χ4v) is 4.97. The number of esters is 2. The first-order valence-electron chi connectivity index (χ1n) is 16.3. The number of benzene rings is 2. The zero-order valence-electron chi connectivity index (χ0n) is 28.8. The molecule has 1 aliphatic rings. The first-order valence-corrected chi connectivity index (χ1v) is 16.3. The van der Waals surface area contributed by atoms with Crippen LogP contribution >= 0.6 is 0 Å². The van der Waals surface area contributed by atoms with Crippen LogP contribution < -0.4 is 10.6 Å². The van der Waals surface area contributed by atoms with E-state index in [4.69, 9.17) is 18.9 Å². The van der Waals surface area contributed by atoms with E-state index in [2.05, 4.69) is 10.6 Å². The highest BCUT2D eigenvalue weighted by Crippen LogP contribution is 2.25. The van der Waals surface area contributed by atoms with Crippen molar-refractivity contribution in [2.24, 2.45) is 0 Å². The molecule has 1 aliphatic heterocycles. The molecule has 12 heteroatoms. The molecule has 0 aromatic heterocycles. The van der Waals surface area contributed by atoms with Crippen LogP contribution in [0.1, 0.15) is 78.4 Å². The molecule has 262 valence electrons. The number of nitrogens with one attached hydrogen (secondary N) is 2. The Balaban J connectivity index is 1.62. The van der Waals surface area contributed by atoms with Crippen molar-refractivity contribution in [2.75, 3.05) is 13.1 Å². The summed E-state index contributed by atoms with van der Waals surface area (Å²) in [5, 5.41) is 5.45. The van der Waals surface area contributed by atoms with Crippen LogP contribution in [0.3, 0.4) is 0 Å². The van der Waals surface area contributed by atoms with Crippen molar-refractivity contribution in [3.05, 3.63) is 71.8 Å². The minimum absolute atomic E-state index is 0.0294. The summed E-state index contributed by atoms with van der Waals surface area (Å²) in [6, 6.07) is 16.3. The van der Waals surface area contributed by atoms with Gasteiger partial charge in [-0.1, -0.05) is 60.7 Å². The number of carbonyl (C=O) groups excluding carboxylic acids is 5. The van der Waals surface area contributed by atoms with Crippen molar-refractivity contribution in [3.63, 3.8) is 0 Å². The van der Waals surface area contributed by atoms with Gasteiger partial charge in [0.15, 0.2) is 0 Å². The lowest BCUT2D eigenvalue weighted by molar-refractivity contribution is -0.159. The first-order chi connectivity index (χ1) is 22.6. The molecule has 1 heterocycles. The predicted octanol–water partition coefficient (Wildman–Crippen LogP) is 5.07. The SMILES string of the molecule is CC(C)(C)OC(=O)[C@H](CCCCNC(=O)OCc1ccccc1)NC(=O)[C@@H]1C[C@@H](OC(=O)Cc2ccccc2)CN1C(=O)OC(C)(C)C. The van der Waals surface area contributed by atoms with Crippen LogP contribution in [0.25, 0.3) is 0 Å². The van der Waals surface area contributed by atoms with Gasteiger partial charge in [0, 0.05) is 13.0 Å². The molecule has 2 aromatic rings. The lowest BCUT2D eigenvalue weighted by Gasteiger charge is -2.29. The van der Waals surface area contributed by atoms with Crippen LogP contribution in [0.4, 0.5) is 9.59 Å². The number of alkyl carbamates (subject to hydrolysis) is 1. The number of hydrogen-bond donors (Lipinski definition) is 2. The summed E-state index contributed by atoms with van der Waals surface area (Å²) in [4.78, 5) is 66.1. The first kappa shape index (κ1) is 37.8. The van der Waals surface area contributed by atoms with E-state index in [1.165, 1.54) is 4.90 Å².